The topological polar surface area (TPSA) is 133 Å². The van der Waals surface area contributed by atoms with E-state index < -0.39 is 0 Å². The first kappa shape index (κ1) is 22.8. The Bertz CT molecular complexity index is 1680. The first-order chi connectivity index (χ1) is 17.3. The Kier molecular flexibility index (Phi) is 5.39. The minimum absolute atomic E-state index is 0.0111. The third-order valence-corrected chi connectivity index (χ3v) is 7.70. The average Bonchev–Trinajstić information content (AvgIpc) is 3.57. The molecule has 0 aromatic carbocycles. The second kappa shape index (κ2) is 8.50. The first-order valence-electron chi connectivity index (χ1n) is 11.8. The summed E-state index contributed by atoms with van der Waals surface area (Å²) in [4.78, 5) is 36.9. The fourth-order valence-electron chi connectivity index (χ4n) is 4.83. The molecule has 0 unspecified atom stereocenters. The van der Waals surface area contributed by atoms with Crippen molar-refractivity contribution < 1.29 is 9.90 Å². The van der Waals surface area contributed by atoms with Gasteiger partial charge in [0, 0.05) is 24.5 Å². The highest BCUT2D eigenvalue weighted by Crippen LogP contribution is 2.33. The lowest BCUT2D eigenvalue weighted by Gasteiger charge is -2.19. The maximum atomic E-state index is 13.1. The van der Waals surface area contributed by atoms with Crippen LogP contribution in [-0.2, 0) is 11.3 Å². The van der Waals surface area contributed by atoms with E-state index in [1.165, 1.54) is 11.3 Å². The highest BCUT2D eigenvalue weighted by atomic mass is 32.1. The number of carbonyl (C=O) groups is 1. The number of aliphatic hydroxyl groups is 1. The van der Waals surface area contributed by atoms with Crippen LogP contribution in [0.4, 0.5) is 5.69 Å². The van der Waals surface area contributed by atoms with Gasteiger partial charge in [-0.05, 0) is 24.4 Å². The number of likely N-dealkylation sites (tertiary alicyclic amines) is 1. The molecule has 0 spiro atoms. The number of nitrogens with zero attached hydrogens (tertiary/aromatic N) is 6. The molecule has 0 saturated carbocycles. The van der Waals surface area contributed by atoms with E-state index in [4.69, 9.17) is 5.11 Å². The summed E-state index contributed by atoms with van der Waals surface area (Å²) in [5.41, 5.74) is 2.99. The molecule has 0 atom stereocenters. The Balaban J connectivity index is 1.29. The van der Waals surface area contributed by atoms with E-state index in [1.807, 2.05) is 12.4 Å². The monoisotopic (exact) mass is 506 g/mol. The van der Waals surface area contributed by atoms with Gasteiger partial charge in [0.1, 0.15) is 21.3 Å². The van der Waals surface area contributed by atoms with E-state index in [1.54, 1.807) is 27.7 Å². The molecule has 1 amide bonds. The van der Waals surface area contributed by atoms with Crippen molar-refractivity contribution in [1.29, 1.82) is 0 Å². The highest BCUT2D eigenvalue weighted by Gasteiger charge is 2.30. The Morgan fingerprint density at radius 2 is 2.14 bits per heavy atom. The molecule has 3 N–H and O–H groups in total. The predicted octanol–water partition coefficient (Wildman–Crippen LogP) is 2.31. The third-order valence-electron chi connectivity index (χ3n) is 6.55. The van der Waals surface area contributed by atoms with Crippen LogP contribution in [0.2, 0.25) is 0 Å². The quantitative estimate of drug-likeness (QED) is 0.322. The van der Waals surface area contributed by atoms with E-state index in [-0.39, 0.29) is 23.5 Å². The summed E-state index contributed by atoms with van der Waals surface area (Å²) in [6.45, 7) is 6.98. The molecule has 36 heavy (non-hydrogen) atoms. The number of rotatable bonds is 6. The Morgan fingerprint density at radius 3 is 2.92 bits per heavy atom. The number of aliphatic hydroxyl groups excluding tert-OH is 1. The fraction of sp³-hybridized carbons (Fsp3) is 0.375. The SMILES string of the molecule is CC1(C)CCN(CC(=O)Nc2cnc3c(c2)[nH]c(=O)c2c3nn3cc(-c4cnn(CCO)c4)sc23)C1. The van der Waals surface area contributed by atoms with Crippen LogP contribution in [0.15, 0.2) is 35.6 Å². The smallest absolute Gasteiger partial charge is 0.261 e. The van der Waals surface area contributed by atoms with E-state index in [2.05, 4.69) is 44.2 Å². The number of carbonyl (C=O) groups excluding carboxylic acids is 1. The number of anilines is 1. The molecule has 0 radical (unpaired) electrons. The predicted molar refractivity (Wildman–Crippen MR) is 138 cm³/mol. The zero-order valence-corrected chi connectivity index (χ0v) is 20.8. The highest BCUT2D eigenvalue weighted by molar-refractivity contribution is 7.21. The normalized spacial score (nSPS) is 16.0. The van der Waals surface area contributed by atoms with Crippen LogP contribution in [-0.4, -0.2) is 71.5 Å². The van der Waals surface area contributed by atoms with Crippen molar-refractivity contribution in [3.8, 4) is 10.4 Å². The lowest BCUT2D eigenvalue weighted by molar-refractivity contribution is -0.117. The summed E-state index contributed by atoms with van der Waals surface area (Å²) in [6.07, 6.45) is 8.11. The molecule has 0 aliphatic carbocycles. The first-order valence-corrected chi connectivity index (χ1v) is 12.6. The van der Waals surface area contributed by atoms with Crippen LogP contribution in [0, 0.1) is 5.41 Å². The van der Waals surface area contributed by atoms with Gasteiger partial charge in [-0.25, -0.2) is 4.52 Å². The lowest BCUT2D eigenvalue weighted by atomic mass is 9.93. The number of aromatic amines is 1. The van der Waals surface area contributed by atoms with Crippen molar-refractivity contribution in [2.75, 3.05) is 31.6 Å². The van der Waals surface area contributed by atoms with Crippen LogP contribution in [0.3, 0.4) is 0 Å². The summed E-state index contributed by atoms with van der Waals surface area (Å²) >= 11 is 1.44. The largest absolute Gasteiger partial charge is 0.394 e. The van der Waals surface area contributed by atoms with Gasteiger partial charge < -0.3 is 15.4 Å². The van der Waals surface area contributed by atoms with Gasteiger partial charge in [-0.2, -0.15) is 10.2 Å². The minimum atomic E-state index is -0.263. The van der Waals surface area contributed by atoms with Crippen LogP contribution in [0.5, 0.6) is 0 Å². The maximum Gasteiger partial charge on any atom is 0.261 e. The molecule has 186 valence electrons. The van der Waals surface area contributed by atoms with Gasteiger partial charge in [-0.1, -0.05) is 13.8 Å². The van der Waals surface area contributed by atoms with E-state index in [0.29, 0.717) is 45.5 Å². The van der Waals surface area contributed by atoms with Gasteiger partial charge in [0.2, 0.25) is 5.91 Å². The molecule has 12 heteroatoms. The van der Waals surface area contributed by atoms with Crippen LogP contribution >= 0.6 is 11.3 Å². The second-order valence-electron chi connectivity index (χ2n) is 10.0. The van der Waals surface area contributed by atoms with Gasteiger partial charge in [-0.15, -0.1) is 11.3 Å². The molecule has 5 aromatic rings. The molecule has 1 fully saturated rings. The van der Waals surface area contributed by atoms with Gasteiger partial charge in [-0.3, -0.25) is 24.2 Å². The second-order valence-corrected chi connectivity index (χ2v) is 11.1. The van der Waals surface area contributed by atoms with E-state index in [0.717, 1.165) is 30.0 Å². The van der Waals surface area contributed by atoms with Crippen molar-refractivity contribution in [2.45, 2.75) is 26.8 Å². The standard InChI is InChI=1S/C24H26N8O3S/c1-24(2)3-4-30(13-24)12-18(34)27-15-7-16-20(25-9-15)21-19(22(35)28-16)23-32(29-21)11-17(36-23)14-8-26-31(10-14)5-6-33/h7-11,33H,3-6,12-13H2,1-2H3,(H,27,34)(H,28,35). The Labute approximate surface area is 209 Å². The molecule has 11 nitrogen and oxygen atoms in total. The number of hydrogen-bond acceptors (Lipinski definition) is 8. The fourth-order valence-corrected chi connectivity index (χ4v) is 5.89. The summed E-state index contributed by atoms with van der Waals surface area (Å²) in [7, 11) is 0. The van der Waals surface area contributed by atoms with Crippen LogP contribution < -0.4 is 10.9 Å². The number of hydrogen-bond donors (Lipinski definition) is 3. The minimum Gasteiger partial charge on any atom is -0.394 e. The molecule has 1 aliphatic rings. The summed E-state index contributed by atoms with van der Waals surface area (Å²) < 4.78 is 3.36. The molecular formula is C24H26N8O3S. The van der Waals surface area contributed by atoms with Gasteiger partial charge in [0.25, 0.3) is 5.56 Å². The van der Waals surface area contributed by atoms with Crippen molar-refractivity contribution in [1.82, 2.24) is 34.3 Å². The Morgan fingerprint density at radius 1 is 1.28 bits per heavy atom. The maximum absolute atomic E-state index is 13.1. The molecule has 1 aliphatic heterocycles. The van der Waals surface area contributed by atoms with Crippen molar-refractivity contribution in [3.63, 3.8) is 0 Å². The average molecular weight is 507 g/mol. The molecule has 5 aromatic heterocycles. The number of amides is 1. The van der Waals surface area contributed by atoms with Crippen molar-refractivity contribution in [3.05, 3.63) is 41.2 Å². The van der Waals surface area contributed by atoms with Crippen molar-refractivity contribution >= 4 is 49.7 Å². The van der Waals surface area contributed by atoms with Gasteiger partial charge >= 0.3 is 0 Å². The molecule has 6 heterocycles. The lowest BCUT2D eigenvalue weighted by Crippen LogP contribution is -2.32. The molecule has 1 saturated heterocycles. The van der Waals surface area contributed by atoms with Crippen LogP contribution in [0.25, 0.3) is 37.2 Å². The number of pyridine rings is 2. The van der Waals surface area contributed by atoms with E-state index >= 15 is 0 Å². The summed E-state index contributed by atoms with van der Waals surface area (Å²) in [5.74, 6) is -0.102. The third kappa shape index (κ3) is 4.06. The molecule has 0 bridgehead atoms. The number of aromatic nitrogens is 6. The van der Waals surface area contributed by atoms with Gasteiger partial charge in [0.05, 0.1) is 48.2 Å². The van der Waals surface area contributed by atoms with Gasteiger partial charge in [0.15, 0.2) is 0 Å². The zero-order chi connectivity index (χ0) is 25.0. The number of nitrogens with one attached hydrogen (secondary N) is 2. The number of H-pyrrole nitrogens is 1. The number of thiazole rings is 1. The molecule has 6 rings (SSSR count). The summed E-state index contributed by atoms with van der Waals surface area (Å²) in [6, 6.07) is 1.73. The van der Waals surface area contributed by atoms with E-state index in [9.17, 15) is 9.59 Å². The van der Waals surface area contributed by atoms with Crippen LogP contribution in [0.1, 0.15) is 20.3 Å². The number of fused-ring (bicyclic) bond motifs is 5. The van der Waals surface area contributed by atoms with Crippen molar-refractivity contribution in [2.24, 2.45) is 5.41 Å². The summed E-state index contributed by atoms with van der Waals surface area (Å²) in [5, 5.41) is 21.4. The zero-order valence-electron chi connectivity index (χ0n) is 20.0. The Hall–Kier alpha value is -3.61. The molecular weight excluding hydrogens is 480 g/mol.